The first-order valence-electron chi connectivity index (χ1n) is 7.36. The molecule has 0 unspecified atom stereocenters. The summed E-state index contributed by atoms with van der Waals surface area (Å²) >= 11 is 0. The van der Waals surface area contributed by atoms with E-state index in [9.17, 15) is 14.3 Å². The minimum absolute atomic E-state index is 0.279. The van der Waals surface area contributed by atoms with Gasteiger partial charge in [-0.3, -0.25) is 4.79 Å². The lowest BCUT2D eigenvalue weighted by molar-refractivity contribution is -0.124. The van der Waals surface area contributed by atoms with E-state index < -0.39 is 23.9 Å². The molecule has 1 amide bonds. The molecule has 0 saturated heterocycles. The predicted molar refractivity (Wildman–Crippen MR) is 85.6 cm³/mol. The van der Waals surface area contributed by atoms with Gasteiger partial charge in [-0.05, 0) is 36.8 Å². The molecule has 0 aromatic heterocycles. The fourth-order valence-electron chi connectivity index (χ4n) is 2.15. The van der Waals surface area contributed by atoms with E-state index in [4.69, 9.17) is 10.00 Å². The van der Waals surface area contributed by atoms with E-state index in [1.54, 1.807) is 31.2 Å². The van der Waals surface area contributed by atoms with Gasteiger partial charge in [0.1, 0.15) is 17.6 Å². The molecule has 0 saturated carbocycles. The number of nitrogens with one attached hydrogen (secondary N) is 1. The Morgan fingerprint density at radius 3 is 2.62 bits per heavy atom. The van der Waals surface area contributed by atoms with Crippen LogP contribution in [0.25, 0.3) is 0 Å². The summed E-state index contributed by atoms with van der Waals surface area (Å²) in [5, 5.41) is 21.7. The molecule has 24 heavy (non-hydrogen) atoms. The van der Waals surface area contributed by atoms with E-state index in [1.807, 2.05) is 6.07 Å². The van der Waals surface area contributed by atoms with E-state index in [-0.39, 0.29) is 6.61 Å². The molecular weight excluding hydrogens is 311 g/mol. The zero-order valence-electron chi connectivity index (χ0n) is 13.1. The van der Waals surface area contributed by atoms with Crippen molar-refractivity contribution in [1.82, 2.24) is 5.32 Å². The molecular formula is C18H17FN2O3. The van der Waals surface area contributed by atoms with Gasteiger partial charge in [-0.2, -0.15) is 5.26 Å². The topological polar surface area (TPSA) is 82.3 Å². The van der Waals surface area contributed by atoms with Crippen molar-refractivity contribution in [3.05, 3.63) is 65.5 Å². The van der Waals surface area contributed by atoms with E-state index in [2.05, 4.69) is 5.32 Å². The Balaban J connectivity index is 1.89. The average molecular weight is 328 g/mol. The fraction of sp³-hybridized carbons (Fsp3) is 0.222. The molecule has 0 aliphatic rings. The lowest BCUT2D eigenvalue weighted by Crippen LogP contribution is -2.39. The highest BCUT2D eigenvalue weighted by Crippen LogP contribution is 2.18. The Morgan fingerprint density at radius 1 is 1.29 bits per heavy atom. The summed E-state index contributed by atoms with van der Waals surface area (Å²) in [4.78, 5) is 11.9. The molecule has 0 fully saturated rings. The zero-order chi connectivity index (χ0) is 17.5. The first kappa shape index (κ1) is 17.4. The van der Waals surface area contributed by atoms with Gasteiger partial charge >= 0.3 is 0 Å². The van der Waals surface area contributed by atoms with Gasteiger partial charge in [0.2, 0.25) is 0 Å². The molecule has 0 heterocycles. The Bertz CT molecular complexity index is 741. The van der Waals surface area contributed by atoms with Crippen LogP contribution in [0.1, 0.15) is 24.2 Å². The number of aliphatic hydroxyl groups excluding tert-OH is 1. The van der Waals surface area contributed by atoms with Crippen molar-refractivity contribution in [1.29, 1.82) is 5.26 Å². The van der Waals surface area contributed by atoms with Crippen LogP contribution in [-0.2, 0) is 4.79 Å². The highest BCUT2D eigenvalue weighted by Gasteiger charge is 2.19. The van der Waals surface area contributed by atoms with Crippen LogP contribution in [0.2, 0.25) is 0 Å². The van der Waals surface area contributed by atoms with Crippen LogP contribution in [0.4, 0.5) is 4.39 Å². The highest BCUT2D eigenvalue weighted by molar-refractivity contribution is 5.78. The van der Waals surface area contributed by atoms with Crippen molar-refractivity contribution >= 4 is 5.91 Å². The van der Waals surface area contributed by atoms with Crippen molar-refractivity contribution in [2.75, 3.05) is 6.61 Å². The third kappa shape index (κ3) is 4.54. The second-order valence-electron chi connectivity index (χ2n) is 5.25. The molecule has 0 bridgehead atoms. The molecule has 0 radical (unpaired) electrons. The summed E-state index contributed by atoms with van der Waals surface area (Å²) in [6.07, 6.45) is -0.971. The summed E-state index contributed by atoms with van der Waals surface area (Å²) < 4.78 is 18.2. The van der Waals surface area contributed by atoms with Gasteiger partial charge in [-0.15, -0.1) is 0 Å². The highest BCUT2D eigenvalue weighted by atomic mass is 19.1. The normalized spacial score (nSPS) is 12.8. The summed E-state index contributed by atoms with van der Waals surface area (Å²) in [7, 11) is 0. The van der Waals surface area contributed by atoms with Gasteiger partial charge in [0.25, 0.3) is 5.91 Å². The average Bonchev–Trinajstić information content (AvgIpc) is 2.60. The maximum absolute atomic E-state index is 12.9. The molecule has 0 aliphatic carbocycles. The van der Waals surface area contributed by atoms with Crippen LogP contribution in [0.3, 0.4) is 0 Å². The maximum atomic E-state index is 12.9. The molecule has 0 aliphatic heterocycles. The molecule has 124 valence electrons. The Morgan fingerprint density at radius 2 is 1.96 bits per heavy atom. The Hall–Kier alpha value is -2.91. The van der Waals surface area contributed by atoms with Gasteiger partial charge in [0, 0.05) is 0 Å². The van der Waals surface area contributed by atoms with E-state index >= 15 is 0 Å². The van der Waals surface area contributed by atoms with Gasteiger partial charge in [-0.1, -0.05) is 24.3 Å². The van der Waals surface area contributed by atoms with Crippen molar-refractivity contribution in [3.8, 4) is 11.8 Å². The molecule has 0 spiro atoms. The molecule has 2 N–H and O–H groups in total. The third-order valence-electron chi connectivity index (χ3n) is 3.44. The van der Waals surface area contributed by atoms with Gasteiger partial charge < -0.3 is 15.2 Å². The summed E-state index contributed by atoms with van der Waals surface area (Å²) in [6.45, 7) is 1.36. The molecule has 5 nitrogen and oxygen atoms in total. The minimum Gasteiger partial charge on any atom is -0.482 e. The number of carbonyl (C=O) groups excluding carboxylic acids is 1. The number of carbonyl (C=O) groups is 1. The monoisotopic (exact) mass is 328 g/mol. The second kappa shape index (κ2) is 8.09. The van der Waals surface area contributed by atoms with Crippen LogP contribution >= 0.6 is 0 Å². The van der Waals surface area contributed by atoms with E-state index in [1.165, 1.54) is 24.3 Å². The SMILES string of the molecule is C[C@@H](NC(=O)COc1ccccc1C#N)[C@H](O)c1ccc(F)cc1. The van der Waals surface area contributed by atoms with Crippen LogP contribution in [0, 0.1) is 17.1 Å². The number of amides is 1. The minimum atomic E-state index is -0.971. The number of nitriles is 1. The predicted octanol–water partition coefficient (Wildman–Crippen LogP) is 2.31. The quantitative estimate of drug-likeness (QED) is 0.852. The van der Waals surface area contributed by atoms with Crippen LogP contribution in [0.15, 0.2) is 48.5 Å². The van der Waals surface area contributed by atoms with E-state index in [0.29, 0.717) is 16.9 Å². The summed E-state index contributed by atoms with van der Waals surface area (Å²) in [5.74, 6) is -0.509. The third-order valence-corrected chi connectivity index (χ3v) is 3.44. The fourth-order valence-corrected chi connectivity index (χ4v) is 2.15. The number of hydrogen-bond donors (Lipinski definition) is 2. The van der Waals surface area contributed by atoms with Crippen LogP contribution < -0.4 is 10.1 Å². The first-order valence-corrected chi connectivity index (χ1v) is 7.36. The van der Waals surface area contributed by atoms with Crippen molar-refractivity contribution in [2.45, 2.75) is 19.1 Å². The van der Waals surface area contributed by atoms with Crippen molar-refractivity contribution in [2.24, 2.45) is 0 Å². The number of aliphatic hydroxyl groups is 1. The number of para-hydroxylation sites is 1. The zero-order valence-corrected chi connectivity index (χ0v) is 13.1. The maximum Gasteiger partial charge on any atom is 0.258 e. The van der Waals surface area contributed by atoms with Crippen molar-refractivity contribution < 1.29 is 19.0 Å². The Labute approximate surface area is 139 Å². The van der Waals surface area contributed by atoms with Crippen molar-refractivity contribution in [3.63, 3.8) is 0 Å². The lowest BCUT2D eigenvalue weighted by atomic mass is 10.0. The molecule has 2 aromatic carbocycles. The lowest BCUT2D eigenvalue weighted by Gasteiger charge is -2.20. The Kier molecular flexibility index (Phi) is 5.88. The standard InChI is InChI=1S/C18H17FN2O3/c1-12(18(23)13-6-8-15(19)9-7-13)21-17(22)11-24-16-5-3-2-4-14(16)10-20/h2-9,12,18,23H,11H2,1H3,(H,21,22)/t12-,18+/m1/s1. The number of ether oxygens (including phenoxy) is 1. The molecule has 2 atom stereocenters. The largest absolute Gasteiger partial charge is 0.482 e. The number of benzene rings is 2. The molecule has 2 rings (SSSR count). The number of nitrogens with zero attached hydrogens (tertiary/aromatic N) is 1. The van der Waals surface area contributed by atoms with Gasteiger partial charge in [0.05, 0.1) is 17.7 Å². The summed E-state index contributed by atoms with van der Waals surface area (Å²) in [5.41, 5.74) is 0.838. The first-order chi connectivity index (χ1) is 11.5. The van der Waals surface area contributed by atoms with Crippen LogP contribution in [0.5, 0.6) is 5.75 Å². The van der Waals surface area contributed by atoms with Gasteiger partial charge in [-0.25, -0.2) is 4.39 Å². The van der Waals surface area contributed by atoms with Gasteiger partial charge in [0.15, 0.2) is 6.61 Å². The number of halogens is 1. The number of hydrogen-bond acceptors (Lipinski definition) is 4. The van der Waals surface area contributed by atoms with Crippen LogP contribution in [-0.4, -0.2) is 23.7 Å². The van der Waals surface area contributed by atoms with E-state index in [0.717, 1.165) is 0 Å². The smallest absolute Gasteiger partial charge is 0.258 e. The molecule has 6 heteroatoms. The summed E-state index contributed by atoms with van der Waals surface area (Å²) in [6, 6.07) is 13.4. The second-order valence-corrected chi connectivity index (χ2v) is 5.25. The molecule has 2 aromatic rings. The number of rotatable bonds is 6.